The molecule has 5 nitrogen and oxygen atoms in total. The van der Waals surface area contributed by atoms with Gasteiger partial charge in [-0.2, -0.15) is 0 Å². The first kappa shape index (κ1) is 13.5. The number of aromatic nitrogens is 1. The normalized spacial score (nSPS) is 19.2. The summed E-state index contributed by atoms with van der Waals surface area (Å²) in [7, 11) is 1.32. The second-order valence-electron chi connectivity index (χ2n) is 3.89. The fraction of sp³-hybridized carbons (Fsp3) is 0.364. The maximum atomic E-state index is 11.9. The molecule has 1 atom stereocenters. The molecule has 1 saturated heterocycles. The number of hydrogen-bond donors (Lipinski definition) is 0. The Morgan fingerprint density at radius 1 is 1.67 bits per heavy atom. The van der Waals surface area contributed by atoms with Gasteiger partial charge in [-0.1, -0.05) is 11.6 Å². The molecule has 2 heterocycles. The van der Waals surface area contributed by atoms with E-state index in [1.807, 2.05) is 0 Å². The Morgan fingerprint density at radius 3 is 3.06 bits per heavy atom. The van der Waals surface area contributed by atoms with Crippen molar-refractivity contribution in [2.75, 3.05) is 18.6 Å². The van der Waals surface area contributed by atoms with Gasteiger partial charge in [0.05, 0.1) is 22.3 Å². The first-order valence-corrected chi connectivity index (χ1v) is 6.68. The highest BCUT2D eigenvalue weighted by atomic mass is 127. The first-order valence-electron chi connectivity index (χ1n) is 5.22. The van der Waals surface area contributed by atoms with Crippen LogP contribution in [0.2, 0.25) is 5.15 Å². The topological polar surface area (TPSA) is 59.5 Å². The van der Waals surface area contributed by atoms with Crippen molar-refractivity contribution in [2.45, 2.75) is 6.42 Å². The number of rotatable bonds is 2. The average molecular weight is 381 g/mol. The van der Waals surface area contributed by atoms with Crippen molar-refractivity contribution in [1.29, 1.82) is 0 Å². The van der Waals surface area contributed by atoms with Crippen LogP contribution in [0.25, 0.3) is 0 Å². The smallest absolute Gasteiger partial charge is 0.311 e. The lowest BCUT2D eigenvalue weighted by molar-refractivity contribution is -0.145. The Morgan fingerprint density at radius 2 is 2.39 bits per heavy atom. The second-order valence-corrected chi connectivity index (χ2v) is 5.44. The number of halogens is 2. The third-order valence-corrected chi connectivity index (χ3v) is 3.79. The van der Waals surface area contributed by atoms with E-state index in [1.165, 1.54) is 7.11 Å². The number of pyridine rings is 1. The number of ether oxygens (including phenoxy) is 1. The molecule has 1 amide bonds. The molecule has 1 aliphatic rings. The summed E-state index contributed by atoms with van der Waals surface area (Å²) >= 11 is 7.90. The number of nitrogens with zero attached hydrogens (tertiary/aromatic N) is 2. The molecular weight excluding hydrogens is 370 g/mol. The zero-order valence-corrected chi connectivity index (χ0v) is 12.4. The lowest BCUT2D eigenvalue weighted by Gasteiger charge is -2.17. The van der Waals surface area contributed by atoms with Crippen LogP contribution in [0.5, 0.6) is 0 Å². The fourth-order valence-electron chi connectivity index (χ4n) is 1.88. The van der Waals surface area contributed by atoms with Crippen molar-refractivity contribution in [2.24, 2.45) is 5.92 Å². The van der Waals surface area contributed by atoms with Crippen LogP contribution in [0.3, 0.4) is 0 Å². The van der Waals surface area contributed by atoms with Gasteiger partial charge in [0.25, 0.3) is 0 Å². The molecular formula is C11H10ClIN2O3. The minimum atomic E-state index is -0.412. The van der Waals surface area contributed by atoms with Crippen LogP contribution in [-0.2, 0) is 14.3 Å². The quantitative estimate of drug-likeness (QED) is 0.446. The molecule has 0 radical (unpaired) electrons. The largest absolute Gasteiger partial charge is 0.469 e. The molecule has 0 aliphatic carbocycles. The van der Waals surface area contributed by atoms with Crippen LogP contribution in [0.1, 0.15) is 6.42 Å². The maximum absolute atomic E-state index is 11.9. The Bertz CT molecular complexity index is 509. The lowest BCUT2D eigenvalue weighted by Crippen LogP contribution is -2.27. The summed E-state index contributed by atoms with van der Waals surface area (Å²) in [6.45, 7) is 0.321. The maximum Gasteiger partial charge on any atom is 0.311 e. The van der Waals surface area contributed by atoms with Gasteiger partial charge >= 0.3 is 5.97 Å². The minimum Gasteiger partial charge on any atom is -0.469 e. The Hall–Kier alpha value is -0.890. The SMILES string of the molecule is COC(=O)C1CC(=O)N(c2cc(Cl)ncc2I)C1. The van der Waals surface area contributed by atoms with E-state index < -0.39 is 5.92 Å². The molecule has 1 aromatic rings. The van der Waals surface area contributed by atoms with E-state index in [-0.39, 0.29) is 18.3 Å². The van der Waals surface area contributed by atoms with E-state index in [4.69, 9.17) is 11.6 Å². The number of hydrogen-bond acceptors (Lipinski definition) is 4. The summed E-state index contributed by atoms with van der Waals surface area (Å²) in [5.41, 5.74) is 0.687. The number of carbonyl (C=O) groups is 2. The van der Waals surface area contributed by atoms with Gasteiger partial charge in [0, 0.05) is 25.2 Å². The van der Waals surface area contributed by atoms with Crippen molar-refractivity contribution in [1.82, 2.24) is 4.98 Å². The highest BCUT2D eigenvalue weighted by molar-refractivity contribution is 14.1. The van der Waals surface area contributed by atoms with Gasteiger partial charge < -0.3 is 9.64 Å². The third-order valence-electron chi connectivity index (χ3n) is 2.75. The van der Waals surface area contributed by atoms with E-state index >= 15 is 0 Å². The summed E-state index contributed by atoms with van der Waals surface area (Å²) < 4.78 is 5.48. The van der Waals surface area contributed by atoms with Gasteiger partial charge in [0.1, 0.15) is 5.15 Å². The van der Waals surface area contributed by atoms with Crippen molar-refractivity contribution in [3.63, 3.8) is 0 Å². The van der Waals surface area contributed by atoms with Crippen molar-refractivity contribution in [3.8, 4) is 0 Å². The molecule has 1 unspecified atom stereocenters. The van der Waals surface area contributed by atoms with Gasteiger partial charge in [0.15, 0.2) is 0 Å². The molecule has 1 fully saturated rings. The lowest BCUT2D eigenvalue weighted by atomic mass is 10.1. The summed E-state index contributed by atoms with van der Waals surface area (Å²) in [6.07, 6.45) is 1.76. The number of anilines is 1. The molecule has 96 valence electrons. The molecule has 0 N–H and O–H groups in total. The molecule has 0 aromatic carbocycles. The van der Waals surface area contributed by atoms with E-state index in [0.717, 1.165) is 3.57 Å². The molecule has 2 rings (SSSR count). The van der Waals surface area contributed by atoms with Gasteiger partial charge in [0.2, 0.25) is 5.91 Å². The second kappa shape index (κ2) is 5.40. The Kier molecular flexibility index (Phi) is 4.06. The summed E-state index contributed by atoms with van der Waals surface area (Å²) in [5.74, 6) is -0.878. The van der Waals surface area contributed by atoms with Crippen molar-refractivity contribution >= 4 is 51.8 Å². The molecule has 1 aromatic heterocycles. The van der Waals surface area contributed by atoms with Gasteiger partial charge in [-0.15, -0.1) is 0 Å². The van der Waals surface area contributed by atoms with Crippen molar-refractivity contribution < 1.29 is 14.3 Å². The summed E-state index contributed by atoms with van der Waals surface area (Å²) in [4.78, 5) is 28.9. The first-order chi connectivity index (χ1) is 8.52. The number of amides is 1. The van der Waals surface area contributed by atoms with E-state index in [0.29, 0.717) is 17.4 Å². The fourth-order valence-corrected chi connectivity index (χ4v) is 2.61. The van der Waals surface area contributed by atoms with E-state index in [2.05, 4.69) is 32.3 Å². The van der Waals surface area contributed by atoms with Crippen LogP contribution in [0, 0.1) is 9.49 Å². The zero-order valence-electron chi connectivity index (χ0n) is 9.52. The zero-order chi connectivity index (χ0) is 13.3. The summed E-state index contributed by atoms with van der Waals surface area (Å²) in [5, 5.41) is 0.319. The minimum absolute atomic E-state index is 0.106. The molecule has 0 spiro atoms. The van der Waals surface area contributed by atoms with Gasteiger partial charge in [-0.3, -0.25) is 9.59 Å². The van der Waals surface area contributed by atoms with Crippen LogP contribution < -0.4 is 4.90 Å². The highest BCUT2D eigenvalue weighted by Crippen LogP contribution is 2.30. The number of methoxy groups -OCH3 is 1. The van der Waals surface area contributed by atoms with E-state index in [1.54, 1.807) is 17.2 Å². The van der Waals surface area contributed by atoms with Crippen LogP contribution in [-0.4, -0.2) is 30.5 Å². The number of carbonyl (C=O) groups excluding carboxylic acids is 2. The summed E-state index contributed by atoms with van der Waals surface area (Å²) in [6, 6.07) is 1.63. The standard InChI is InChI=1S/C11H10ClIN2O3/c1-18-11(17)6-2-10(16)15(5-6)8-3-9(12)14-4-7(8)13/h3-4,6H,2,5H2,1H3. The molecule has 1 aliphatic heterocycles. The Labute approximate surface area is 123 Å². The Balaban J connectivity index is 2.27. The van der Waals surface area contributed by atoms with E-state index in [9.17, 15) is 9.59 Å². The highest BCUT2D eigenvalue weighted by Gasteiger charge is 2.36. The average Bonchev–Trinajstić information content (AvgIpc) is 2.73. The van der Waals surface area contributed by atoms with Gasteiger partial charge in [-0.25, -0.2) is 4.98 Å². The van der Waals surface area contributed by atoms with Crippen LogP contribution in [0.4, 0.5) is 5.69 Å². The monoisotopic (exact) mass is 380 g/mol. The third kappa shape index (κ3) is 2.59. The van der Waals surface area contributed by atoms with Crippen molar-refractivity contribution in [3.05, 3.63) is 21.0 Å². The van der Waals surface area contributed by atoms with Crippen LogP contribution in [0.15, 0.2) is 12.3 Å². The molecule has 0 bridgehead atoms. The van der Waals surface area contributed by atoms with Crippen LogP contribution >= 0.6 is 34.2 Å². The number of esters is 1. The predicted octanol–water partition coefficient (Wildman–Crippen LogP) is 1.87. The molecule has 18 heavy (non-hydrogen) atoms. The molecule has 0 saturated carbocycles. The predicted molar refractivity (Wildman–Crippen MR) is 74.4 cm³/mol. The van der Waals surface area contributed by atoms with Gasteiger partial charge in [-0.05, 0) is 22.6 Å². The molecule has 7 heteroatoms.